The molecule has 0 amide bonds. The summed E-state index contributed by atoms with van der Waals surface area (Å²) in [5.41, 5.74) is 0. The predicted octanol–water partition coefficient (Wildman–Crippen LogP) is 1.02. The van der Waals surface area contributed by atoms with E-state index in [1.807, 2.05) is 6.92 Å². The Morgan fingerprint density at radius 2 is 2.00 bits per heavy atom. The highest BCUT2D eigenvalue weighted by atomic mass is 16.1. The first-order chi connectivity index (χ1) is 6.68. The van der Waals surface area contributed by atoms with E-state index >= 15 is 0 Å². The van der Waals surface area contributed by atoms with Gasteiger partial charge < -0.3 is 0 Å². The highest BCUT2D eigenvalue weighted by molar-refractivity contribution is 5.87. The molecule has 0 radical (unpaired) electrons. The Kier molecular flexibility index (Phi) is 2.68. The number of piperidine rings is 1. The largest absolute Gasteiger partial charge is 0.299 e. The van der Waals surface area contributed by atoms with E-state index in [1.165, 1.54) is 0 Å². The highest BCUT2D eigenvalue weighted by Gasteiger charge is 2.34. The molecule has 0 spiro atoms. The van der Waals surface area contributed by atoms with Crippen LogP contribution in [0.2, 0.25) is 0 Å². The van der Waals surface area contributed by atoms with E-state index in [9.17, 15) is 9.59 Å². The van der Waals surface area contributed by atoms with Gasteiger partial charge in [0, 0.05) is 31.8 Å². The monoisotopic (exact) mass is 195 g/mol. The van der Waals surface area contributed by atoms with Crippen LogP contribution in [0.4, 0.5) is 0 Å². The summed E-state index contributed by atoms with van der Waals surface area (Å²) < 4.78 is 0. The lowest BCUT2D eigenvalue weighted by Crippen LogP contribution is -2.47. The molecule has 2 fully saturated rings. The second-order valence-corrected chi connectivity index (χ2v) is 4.49. The summed E-state index contributed by atoms with van der Waals surface area (Å²) in [7, 11) is 0. The van der Waals surface area contributed by atoms with Crippen LogP contribution in [-0.4, -0.2) is 35.6 Å². The van der Waals surface area contributed by atoms with Crippen LogP contribution in [0, 0.1) is 5.92 Å². The standard InChI is InChI=1S/C11H17NO2/c1-8-7-12(6-5-10(8)13)9-3-2-4-11(9)14/h8-9H,2-7H2,1H3. The lowest BCUT2D eigenvalue weighted by molar-refractivity contribution is -0.130. The molecule has 0 N–H and O–H groups in total. The van der Waals surface area contributed by atoms with Gasteiger partial charge in [-0.05, 0) is 12.8 Å². The molecule has 3 nitrogen and oxygen atoms in total. The van der Waals surface area contributed by atoms with Gasteiger partial charge in [-0.3, -0.25) is 14.5 Å². The summed E-state index contributed by atoms with van der Waals surface area (Å²) in [6.45, 7) is 3.54. The van der Waals surface area contributed by atoms with Crippen LogP contribution in [0.25, 0.3) is 0 Å². The van der Waals surface area contributed by atoms with Crippen LogP contribution >= 0.6 is 0 Å². The van der Waals surface area contributed by atoms with E-state index in [-0.39, 0.29) is 12.0 Å². The fraction of sp³-hybridized carbons (Fsp3) is 0.818. The fourth-order valence-electron chi connectivity index (χ4n) is 2.51. The summed E-state index contributed by atoms with van der Waals surface area (Å²) in [6.07, 6.45) is 3.40. The molecule has 0 aromatic rings. The first-order valence-electron chi connectivity index (χ1n) is 5.48. The summed E-state index contributed by atoms with van der Waals surface area (Å²) in [6, 6.07) is 0.130. The molecule has 1 saturated heterocycles. The Morgan fingerprint density at radius 1 is 1.21 bits per heavy atom. The quantitative estimate of drug-likeness (QED) is 0.627. The number of ketones is 2. The van der Waals surface area contributed by atoms with Gasteiger partial charge in [-0.1, -0.05) is 6.92 Å². The molecule has 14 heavy (non-hydrogen) atoms. The normalized spacial score (nSPS) is 35.2. The molecular weight excluding hydrogens is 178 g/mol. The van der Waals surface area contributed by atoms with Crippen molar-refractivity contribution in [1.29, 1.82) is 0 Å². The van der Waals surface area contributed by atoms with Gasteiger partial charge in [-0.15, -0.1) is 0 Å². The molecule has 1 saturated carbocycles. The van der Waals surface area contributed by atoms with Crippen LogP contribution in [0.5, 0.6) is 0 Å². The zero-order chi connectivity index (χ0) is 10.1. The van der Waals surface area contributed by atoms with Crippen LogP contribution in [-0.2, 0) is 9.59 Å². The van der Waals surface area contributed by atoms with Crippen molar-refractivity contribution in [3.8, 4) is 0 Å². The molecule has 2 unspecified atom stereocenters. The third-order valence-electron chi connectivity index (χ3n) is 3.42. The smallest absolute Gasteiger partial charge is 0.149 e. The van der Waals surface area contributed by atoms with Gasteiger partial charge in [0.2, 0.25) is 0 Å². The summed E-state index contributed by atoms with van der Waals surface area (Å²) in [5.74, 6) is 0.857. The summed E-state index contributed by atoms with van der Waals surface area (Å²) in [5, 5.41) is 0. The minimum Gasteiger partial charge on any atom is -0.299 e. The molecule has 2 rings (SSSR count). The summed E-state index contributed by atoms with van der Waals surface area (Å²) >= 11 is 0. The first-order valence-corrected chi connectivity index (χ1v) is 5.48. The Labute approximate surface area is 84.5 Å². The lowest BCUT2D eigenvalue weighted by Gasteiger charge is -2.33. The minimum absolute atomic E-state index is 0.122. The average Bonchev–Trinajstić information content (AvgIpc) is 2.57. The van der Waals surface area contributed by atoms with Crippen molar-refractivity contribution in [2.45, 2.75) is 38.6 Å². The van der Waals surface area contributed by atoms with Crippen LogP contribution < -0.4 is 0 Å². The molecule has 2 aliphatic rings. The van der Waals surface area contributed by atoms with Gasteiger partial charge in [-0.2, -0.15) is 0 Å². The first kappa shape index (κ1) is 9.84. The van der Waals surface area contributed by atoms with Crippen LogP contribution in [0.3, 0.4) is 0 Å². The maximum Gasteiger partial charge on any atom is 0.149 e. The maximum atomic E-state index is 11.5. The van der Waals surface area contributed by atoms with Crippen molar-refractivity contribution in [3.05, 3.63) is 0 Å². The zero-order valence-electron chi connectivity index (χ0n) is 8.66. The Bertz CT molecular complexity index is 262. The number of hydrogen-bond donors (Lipinski definition) is 0. The SMILES string of the molecule is CC1CN(C2CCCC2=O)CCC1=O. The highest BCUT2D eigenvalue weighted by Crippen LogP contribution is 2.24. The number of carbonyl (C=O) groups excluding carboxylic acids is 2. The van der Waals surface area contributed by atoms with Gasteiger partial charge in [-0.25, -0.2) is 0 Å². The van der Waals surface area contributed by atoms with Crippen LogP contribution in [0.15, 0.2) is 0 Å². The predicted molar refractivity (Wildman–Crippen MR) is 53.0 cm³/mol. The molecular formula is C11H17NO2. The summed E-state index contributed by atoms with van der Waals surface area (Å²) in [4.78, 5) is 25.1. The topological polar surface area (TPSA) is 37.4 Å². The number of likely N-dealkylation sites (tertiary alicyclic amines) is 1. The number of carbonyl (C=O) groups is 2. The molecule has 0 aromatic carbocycles. The number of Topliss-reactive ketones (excluding diaryl/α,β-unsaturated/α-hetero) is 2. The number of hydrogen-bond acceptors (Lipinski definition) is 3. The van der Waals surface area contributed by atoms with E-state index in [0.717, 1.165) is 32.4 Å². The molecule has 1 aliphatic heterocycles. The van der Waals surface area contributed by atoms with Crippen molar-refractivity contribution in [2.24, 2.45) is 5.92 Å². The molecule has 0 aromatic heterocycles. The van der Waals surface area contributed by atoms with Crippen molar-refractivity contribution < 1.29 is 9.59 Å². The second kappa shape index (κ2) is 3.81. The van der Waals surface area contributed by atoms with Crippen molar-refractivity contribution in [3.63, 3.8) is 0 Å². The average molecular weight is 195 g/mol. The third kappa shape index (κ3) is 1.73. The molecule has 2 atom stereocenters. The molecule has 1 heterocycles. The van der Waals surface area contributed by atoms with E-state index < -0.39 is 0 Å². The Balaban J connectivity index is 1.99. The Morgan fingerprint density at radius 3 is 2.57 bits per heavy atom. The van der Waals surface area contributed by atoms with Crippen molar-refractivity contribution in [1.82, 2.24) is 4.90 Å². The maximum absolute atomic E-state index is 11.5. The van der Waals surface area contributed by atoms with Gasteiger partial charge in [0.15, 0.2) is 0 Å². The zero-order valence-corrected chi connectivity index (χ0v) is 8.66. The van der Waals surface area contributed by atoms with Crippen LogP contribution in [0.1, 0.15) is 32.6 Å². The lowest BCUT2D eigenvalue weighted by atomic mass is 9.96. The third-order valence-corrected chi connectivity index (χ3v) is 3.42. The van der Waals surface area contributed by atoms with Gasteiger partial charge in [0.25, 0.3) is 0 Å². The molecule has 3 heteroatoms. The number of nitrogens with zero attached hydrogens (tertiary/aromatic N) is 1. The van der Waals surface area contributed by atoms with Gasteiger partial charge in [0.1, 0.15) is 11.6 Å². The van der Waals surface area contributed by atoms with Gasteiger partial charge in [0.05, 0.1) is 6.04 Å². The van der Waals surface area contributed by atoms with E-state index in [2.05, 4.69) is 4.90 Å². The molecule has 78 valence electrons. The van der Waals surface area contributed by atoms with E-state index in [4.69, 9.17) is 0 Å². The van der Waals surface area contributed by atoms with Crippen molar-refractivity contribution >= 4 is 11.6 Å². The van der Waals surface area contributed by atoms with E-state index in [0.29, 0.717) is 18.0 Å². The minimum atomic E-state index is 0.122. The molecule has 1 aliphatic carbocycles. The van der Waals surface area contributed by atoms with Gasteiger partial charge >= 0.3 is 0 Å². The number of rotatable bonds is 1. The molecule has 0 bridgehead atoms. The Hall–Kier alpha value is -0.700. The second-order valence-electron chi connectivity index (χ2n) is 4.49. The fourth-order valence-corrected chi connectivity index (χ4v) is 2.51. The van der Waals surface area contributed by atoms with E-state index in [1.54, 1.807) is 0 Å². The van der Waals surface area contributed by atoms with Crippen molar-refractivity contribution in [2.75, 3.05) is 13.1 Å².